The first-order valence-corrected chi connectivity index (χ1v) is 12.5. The van der Waals surface area contributed by atoms with Gasteiger partial charge in [-0.1, -0.05) is 17.4 Å². The molecule has 3 aromatic heterocycles. The zero-order chi connectivity index (χ0) is 27.5. The molecule has 0 spiro atoms. The van der Waals surface area contributed by atoms with E-state index in [-0.39, 0.29) is 0 Å². The fourth-order valence-corrected chi connectivity index (χ4v) is 4.92. The van der Waals surface area contributed by atoms with Gasteiger partial charge in [0.1, 0.15) is 27.9 Å². The number of anilines is 1. The number of carbonyl (C=O) groups is 1. The molecule has 5 aromatic rings. The molecule has 0 saturated carbocycles. The van der Waals surface area contributed by atoms with Crippen LogP contribution in [0.1, 0.15) is 27.2 Å². The van der Waals surface area contributed by atoms with Gasteiger partial charge in [0.05, 0.1) is 42.7 Å². The highest BCUT2D eigenvalue weighted by Crippen LogP contribution is 2.35. The van der Waals surface area contributed by atoms with Gasteiger partial charge in [-0.15, -0.1) is 0 Å². The van der Waals surface area contributed by atoms with Crippen LogP contribution < -0.4 is 14.8 Å². The van der Waals surface area contributed by atoms with E-state index >= 15 is 0 Å². The fraction of sp³-hybridized carbons (Fsp3) is 0.103. The van der Waals surface area contributed by atoms with E-state index in [4.69, 9.17) is 14.5 Å². The Morgan fingerprint density at radius 2 is 1.74 bits per heavy atom. The van der Waals surface area contributed by atoms with Crippen molar-refractivity contribution >= 4 is 32.7 Å². The second-order valence-corrected chi connectivity index (χ2v) is 9.40. The number of rotatable bonds is 6. The average Bonchev–Trinajstić information content (AvgIpc) is 3.37. The standard InChI is InChI=1S/C29H20N6O3S/c1-16-10-20(21-11-17(13-30)4-9-25(21)37-2)22(15-32-16)27(36)35-29-34-24-8-7-23(33-28(24)39-29)18-5-6-19(14-31)26(12-18)38-3/h4-12,15H,1-3H3,(H,34,35,36). The largest absolute Gasteiger partial charge is 0.496 e. The molecule has 190 valence electrons. The number of nitrogens with zero attached hydrogens (tertiary/aromatic N) is 5. The zero-order valence-electron chi connectivity index (χ0n) is 21.1. The second-order valence-electron chi connectivity index (χ2n) is 8.42. The van der Waals surface area contributed by atoms with Crippen LogP contribution in [0.4, 0.5) is 5.13 Å². The highest BCUT2D eigenvalue weighted by atomic mass is 32.1. The molecule has 2 aromatic carbocycles. The predicted molar refractivity (Wildman–Crippen MR) is 148 cm³/mol. The second kappa shape index (κ2) is 10.6. The Kier molecular flexibility index (Phi) is 6.87. The summed E-state index contributed by atoms with van der Waals surface area (Å²) in [5.74, 6) is 0.594. The maximum Gasteiger partial charge on any atom is 0.259 e. The van der Waals surface area contributed by atoms with Gasteiger partial charge >= 0.3 is 0 Å². The van der Waals surface area contributed by atoms with Gasteiger partial charge in [0.15, 0.2) is 5.13 Å². The van der Waals surface area contributed by atoms with Crippen molar-refractivity contribution in [2.75, 3.05) is 19.5 Å². The maximum absolute atomic E-state index is 13.4. The van der Waals surface area contributed by atoms with Gasteiger partial charge in [-0.05, 0) is 55.5 Å². The Bertz CT molecular complexity index is 1830. The van der Waals surface area contributed by atoms with Crippen LogP contribution in [0.5, 0.6) is 11.5 Å². The van der Waals surface area contributed by atoms with Crippen molar-refractivity contribution in [3.8, 4) is 46.0 Å². The molecular formula is C29H20N6O3S. The summed E-state index contributed by atoms with van der Waals surface area (Å²) in [5, 5.41) is 21.9. The Hall–Kier alpha value is -5.32. The number of carbonyl (C=O) groups excluding carboxylic acids is 1. The normalized spacial score (nSPS) is 10.5. The Morgan fingerprint density at radius 3 is 2.49 bits per heavy atom. The molecule has 1 N–H and O–H groups in total. The van der Waals surface area contributed by atoms with E-state index in [1.807, 2.05) is 19.1 Å². The molecule has 39 heavy (non-hydrogen) atoms. The molecule has 0 fully saturated rings. The van der Waals surface area contributed by atoms with Crippen molar-refractivity contribution in [1.82, 2.24) is 15.0 Å². The highest BCUT2D eigenvalue weighted by Gasteiger charge is 2.19. The van der Waals surface area contributed by atoms with Gasteiger partial charge in [0.25, 0.3) is 5.91 Å². The number of benzene rings is 2. The van der Waals surface area contributed by atoms with Crippen molar-refractivity contribution in [2.45, 2.75) is 6.92 Å². The molecule has 0 saturated heterocycles. The third-order valence-corrected chi connectivity index (χ3v) is 6.88. The number of hydrogen-bond acceptors (Lipinski definition) is 9. The van der Waals surface area contributed by atoms with Gasteiger partial charge in [-0.3, -0.25) is 15.1 Å². The summed E-state index contributed by atoms with van der Waals surface area (Å²) < 4.78 is 10.8. The Labute approximate surface area is 227 Å². The minimum absolute atomic E-state index is 0.312. The summed E-state index contributed by atoms with van der Waals surface area (Å²) in [7, 11) is 3.05. The number of nitrogens with one attached hydrogen (secondary N) is 1. The third-order valence-electron chi connectivity index (χ3n) is 6.00. The topological polar surface area (TPSA) is 134 Å². The van der Waals surface area contributed by atoms with Crippen molar-refractivity contribution in [2.24, 2.45) is 0 Å². The quantitative estimate of drug-likeness (QED) is 0.293. The van der Waals surface area contributed by atoms with Crippen LogP contribution >= 0.6 is 11.3 Å². The van der Waals surface area contributed by atoms with Gasteiger partial charge in [0.2, 0.25) is 0 Å². The average molecular weight is 533 g/mol. The molecule has 0 aliphatic heterocycles. The lowest BCUT2D eigenvalue weighted by molar-refractivity contribution is 0.102. The van der Waals surface area contributed by atoms with Crippen LogP contribution in [-0.4, -0.2) is 35.1 Å². The Balaban J connectivity index is 1.48. The van der Waals surface area contributed by atoms with Crippen molar-refractivity contribution in [3.63, 3.8) is 0 Å². The molecule has 9 nitrogen and oxygen atoms in total. The summed E-state index contributed by atoms with van der Waals surface area (Å²) >= 11 is 1.24. The molecule has 3 heterocycles. The van der Waals surface area contributed by atoms with Gasteiger partial charge in [0, 0.05) is 28.6 Å². The number of thiazole rings is 1. The maximum atomic E-state index is 13.4. The highest BCUT2D eigenvalue weighted by molar-refractivity contribution is 7.22. The molecule has 10 heteroatoms. The number of ether oxygens (including phenoxy) is 2. The Morgan fingerprint density at radius 1 is 0.923 bits per heavy atom. The van der Waals surface area contributed by atoms with E-state index in [0.29, 0.717) is 66.2 Å². The van der Waals surface area contributed by atoms with Crippen LogP contribution in [0.15, 0.2) is 60.8 Å². The van der Waals surface area contributed by atoms with E-state index in [0.717, 1.165) is 5.56 Å². The van der Waals surface area contributed by atoms with E-state index in [1.54, 1.807) is 42.5 Å². The van der Waals surface area contributed by atoms with E-state index < -0.39 is 5.91 Å². The number of aryl methyl sites for hydroxylation is 1. The molecule has 0 aliphatic rings. The van der Waals surface area contributed by atoms with Crippen LogP contribution in [-0.2, 0) is 0 Å². The zero-order valence-corrected chi connectivity index (χ0v) is 22.0. The molecule has 1 amide bonds. The third kappa shape index (κ3) is 4.97. The van der Waals surface area contributed by atoms with Crippen LogP contribution in [0.2, 0.25) is 0 Å². The van der Waals surface area contributed by atoms with Crippen molar-refractivity contribution < 1.29 is 14.3 Å². The summed E-state index contributed by atoms with van der Waals surface area (Å²) in [6.45, 7) is 1.83. The minimum atomic E-state index is -0.405. The van der Waals surface area contributed by atoms with Gasteiger partial charge < -0.3 is 9.47 Å². The van der Waals surface area contributed by atoms with E-state index in [2.05, 4.69) is 27.4 Å². The summed E-state index contributed by atoms with van der Waals surface area (Å²) in [4.78, 5) is 27.6. The number of nitriles is 2. The van der Waals surface area contributed by atoms with E-state index in [1.165, 1.54) is 31.8 Å². The monoisotopic (exact) mass is 532 g/mol. The van der Waals surface area contributed by atoms with Crippen molar-refractivity contribution in [1.29, 1.82) is 10.5 Å². The minimum Gasteiger partial charge on any atom is -0.496 e. The molecule has 5 rings (SSSR count). The summed E-state index contributed by atoms with van der Waals surface area (Å²) in [6.07, 6.45) is 1.50. The lowest BCUT2D eigenvalue weighted by Gasteiger charge is -2.13. The SMILES string of the molecule is COc1cc(-c2ccc3nc(NC(=O)c4cnc(C)cc4-c4cc(C#N)ccc4OC)sc3n2)ccc1C#N. The smallest absolute Gasteiger partial charge is 0.259 e. The first-order chi connectivity index (χ1) is 18.9. The first kappa shape index (κ1) is 25.3. The lowest BCUT2D eigenvalue weighted by atomic mass is 9.97. The first-order valence-electron chi connectivity index (χ1n) is 11.7. The van der Waals surface area contributed by atoms with Crippen molar-refractivity contribution in [3.05, 3.63) is 83.2 Å². The summed E-state index contributed by atoms with van der Waals surface area (Å²) in [6, 6.07) is 20.0. The molecule has 0 radical (unpaired) electrons. The molecule has 0 bridgehead atoms. The number of hydrogen-bond donors (Lipinski definition) is 1. The van der Waals surface area contributed by atoms with Gasteiger partial charge in [-0.25, -0.2) is 9.97 Å². The number of pyridine rings is 2. The van der Waals surface area contributed by atoms with E-state index in [9.17, 15) is 15.3 Å². The number of amides is 1. The van der Waals surface area contributed by atoms with Crippen LogP contribution in [0, 0.1) is 29.6 Å². The van der Waals surface area contributed by atoms with Crippen LogP contribution in [0.25, 0.3) is 32.7 Å². The molecule has 0 unspecified atom stereocenters. The van der Waals surface area contributed by atoms with Gasteiger partial charge in [-0.2, -0.15) is 10.5 Å². The predicted octanol–water partition coefficient (Wildman–Crippen LogP) is 5.74. The molecule has 0 atom stereocenters. The number of methoxy groups -OCH3 is 2. The fourth-order valence-electron chi connectivity index (χ4n) is 4.09. The number of aromatic nitrogens is 3. The molecular weight excluding hydrogens is 512 g/mol. The molecule has 0 aliphatic carbocycles. The lowest BCUT2D eigenvalue weighted by Crippen LogP contribution is -2.14. The summed E-state index contributed by atoms with van der Waals surface area (Å²) in [5.41, 5.74) is 5.20. The van der Waals surface area contributed by atoms with Crippen LogP contribution in [0.3, 0.4) is 0 Å². The number of fused-ring (bicyclic) bond motifs is 1.